The van der Waals surface area contributed by atoms with Gasteiger partial charge in [-0.05, 0) is 24.3 Å². The van der Waals surface area contributed by atoms with Crippen molar-refractivity contribution in [3.05, 3.63) is 60.4 Å². The van der Waals surface area contributed by atoms with Crippen molar-refractivity contribution in [2.45, 2.75) is 19.4 Å². The second-order valence-electron chi connectivity index (χ2n) is 7.74. The average molecular weight is 508 g/mol. The van der Waals surface area contributed by atoms with Crippen LogP contribution in [0.4, 0.5) is 5.69 Å². The lowest BCUT2D eigenvalue weighted by Gasteiger charge is -2.17. The standard InChI is InChI=1S/C23H24N8O6/c1-13(32)30-15-3-5-18(26-9-15)17-4-2-14(7-25-17)22(36)27-10-20(33)31-19(6-16-8-24-12-29-16)23(37)28-11-21(34)35/h2-5,7-9,12,19H,6,10-11H2,1H3,(H,24,29)(H,27,36)(H,28,37)(H,30,32)(H,31,33)(H,34,35). The number of nitrogens with one attached hydrogen (secondary N) is 5. The largest absolute Gasteiger partial charge is 0.480 e. The van der Waals surface area contributed by atoms with E-state index in [2.05, 4.69) is 41.2 Å². The summed E-state index contributed by atoms with van der Waals surface area (Å²) >= 11 is 0. The maximum absolute atomic E-state index is 12.5. The second-order valence-corrected chi connectivity index (χ2v) is 7.74. The first-order chi connectivity index (χ1) is 17.7. The number of carbonyl (C=O) groups is 5. The molecule has 6 N–H and O–H groups in total. The summed E-state index contributed by atoms with van der Waals surface area (Å²) in [5, 5.41) is 18.5. The molecule has 0 radical (unpaired) electrons. The predicted molar refractivity (Wildman–Crippen MR) is 129 cm³/mol. The van der Waals surface area contributed by atoms with Gasteiger partial charge in [-0.15, -0.1) is 0 Å². The van der Waals surface area contributed by atoms with Crippen LogP contribution in [0.2, 0.25) is 0 Å². The highest BCUT2D eigenvalue weighted by molar-refractivity contribution is 5.97. The van der Waals surface area contributed by atoms with E-state index in [1.165, 1.54) is 37.9 Å². The van der Waals surface area contributed by atoms with Crippen molar-refractivity contribution in [3.8, 4) is 11.4 Å². The molecule has 192 valence electrons. The van der Waals surface area contributed by atoms with Crippen LogP contribution < -0.4 is 21.3 Å². The average Bonchev–Trinajstić information content (AvgIpc) is 3.39. The molecule has 0 aliphatic heterocycles. The summed E-state index contributed by atoms with van der Waals surface area (Å²) in [6, 6.07) is 5.35. The van der Waals surface area contributed by atoms with Crippen molar-refractivity contribution in [2.24, 2.45) is 0 Å². The predicted octanol–water partition coefficient (Wildman–Crippen LogP) is -0.517. The molecule has 4 amide bonds. The molecule has 14 heteroatoms. The number of pyridine rings is 2. The van der Waals surface area contributed by atoms with Crippen molar-refractivity contribution in [2.75, 3.05) is 18.4 Å². The van der Waals surface area contributed by atoms with Gasteiger partial charge >= 0.3 is 5.97 Å². The summed E-state index contributed by atoms with van der Waals surface area (Å²) in [4.78, 5) is 74.1. The molecule has 14 nitrogen and oxygen atoms in total. The molecule has 3 heterocycles. The number of anilines is 1. The Hall–Kier alpha value is -5.14. The topological polar surface area (TPSA) is 208 Å². The van der Waals surface area contributed by atoms with E-state index in [0.29, 0.717) is 22.8 Å². The Kier molecular flexibility index (Phi) is 8.96. The number of carbonyl (C=O) groups excluding carboxylic acids is 4. The van der Waals surface area contributed by atoms with Crippen LogP contribution in [-0.2, 0) is 25.6 Å². The molecule has 0 saturated heterocycles. The highest BCUT2D eigenvalue weighted by Gasteiger charge is 2.22. The minimum atomic E-state index is -1.23. The molecule has 0 bridgehead atoms. The van der Waals surface area contributed by atoms with Gasteiger partial charge in [-0.1, -0.05) is 0 Å². The molecule has 37 heavy (non-hydrogen) atoms. The van der Waals surface area contributed by atoms with Crippen molar-refractivity contribution < 1.29 is 29.1 Å². The summed E-state index contributed by atoms with van der Waals surface area (Å²) in [7, 11) is 0. The molecular weight excluding hydrogens is 484 g/mol. The number of nitrogens with zero attached hydrogens (tertiary/aromatic N) is 3. The number of aromatic amines is 1. The SMILES string of the molecule is CC(=O)Nc1ccc(-c2ccc(C(=O)NCC(=O)NC(Cc3cnc[nH]3)C(=O)NCC(=O)O)cn2)nc1. The van der Waals surface area contributed by atoms with E-state index in [9.17, 15) is 24.0 Å². The zero-order valence-corrected chi connectivity index (χ0v) is 19.6. The van der Waals surface area contributed by atoms with Gasteiger partial charge in [0.05, 0.1) is 41.7 Å². The Morgan fingerprint density at radius 1 is 0.946 bits per heavy atom. The van der Waals surface area contributed by atoms with E-state index in [-0.39, 0.29) is 17.9 Å². The highest BCUT2D eigenvalue weighted by atomic mass is 16.4. The maximum atomic E-state index is 12.5. The van der Waals surface area contributed by atoms with Crippen molar-refractivity contribution in [1.82, 2.24) is 35.9 Å². The first-order valence-corrected chi connectivity index (χ1v) is 11.0. The molecule has 3 rings (SSSR count). The number of hydrogen-bond donors (Lipinski definition) is 6. The van der Waals surface area contributed by atoms with Gasteiger partial charge in [-0.2, -0.15) is 0 Å². The van der Waals surface area contributed by atoms with Gasteiger partial charge in [0.2, 0.25) is 17.7 Å². The Bertz CT molecular complexity index is 1260. The summed E-state index contributed by atoms with van der Waals surface area (Å²) in [6.07, 6.45) is 5.72. The smallest absolute Gasteiger partial charge is 0.322 e. The van der Waals surface area contributed by atoms with Crippen LogP contribution in [0.1, 0.15) is 23.0 Å². The fourth-order valence-corrected chi connectivity index (χ4v) is 3.12. The number of aliphatic carboxylic acids is 1. The van der Waals surface area contributed by atoms with Gasteiger partial charge in [0.15, 0.2) is 0 Å². The van der Waals surface area contributed by atoms with Crippen LogP contribution in [0.15, 0.2) is 49.2 Å². The number of carboxylic acid groups (broad SMARTS) is 1. The Morgan fingerprint density at radius 3 is 2.24 bits per heavy atom. The Labute approximate surface area is 210 Å². The summed E-state index contributed by atoms with van der Waals surface area (Å²) in [5.74, 6) is -3.37. The minimum absolute atomic E-state index is 0.0380. The van der Waals surface area contributed by atoms with Gasteiger partial charge in [0.25, 0.3) is 5.91 Å². The molecule has 0 aliphatic rings. The molecule has 0 aliphatic carbocycles. The van der Waals surface area contributed by atoms with Crippen molar-refractivity contribution >= 4 is 35.3 Å². The molecule has 0 spiro atoms. The van der Waals surface area contributed by atoms with Crippen LogP contribution in [0, 0.1) is 0 Å². The van der Waals surface area contributed by atoms with Gasteiger partial charge in [-0.3, -0.25) is 33.9 Å². The molecule has 3 aromatic heterocycles. The number of H-pyrrole nitrogens is 1. The highest BCUT2D eigenvalue weighted by Crippen LogP contribution is 2.16. The third-order valence-corrected chi connectivity index (χ3v) is 4.83. The first kappa shape index (κ1) is 26.5. The van der Waals surface area contributed by atoms with Gasteiger partial charge in [0, 0.05) is 31.4 Å². The van der Waals surface area contributed by atoms with Crippen molar-refractivity contribution in [3.63, 3.8) is 0 Å². The minimum Gasteiger partial charge on any atom is -0.480 e. The van der Waals surface area contributed by atoms with Gasteiger partial charge in [-0.25, -0.2) is 4.98 Å². The van der Waals surface area contributed by atoms with Crippen LogP contribution in [0.5, 0.6) is 0 Å². The second kappa shape index (κ2) is 12.5. The molecule has 3 aromatic rings. The Balaban J connectivity index is 1.55. The van der Waals surface area contributed by atoms with Crippen LogP contribution in [0.25, 0.3) is 11.4 Å². The van der Waals surface area contributed by atoms with Gasteiger partial charge in [0.1, 0.15) is 12.6 Å². The summed E-state index contributed by atoms with van der Waals surface area (Å²) in [5.41, 5.74) is 2.31. The normalized spacial score (nSPS) is 11.2. The van der Waals surface area contributed by atoms with E-state index in [1.807, 2.05) is 0 Å². The van der Waals surface area contributed by atoms with Gasteiger partial charge < -0.3 is 31.4 Å². The number of carboxylic acids is 1. The van der Waals surface area contributed by atoms with Crippen molar-refractivity contribution in [1.29, 1.82) is 0 Å². The van der Waals surface area contributed by atoms with E-state index < -0.39 is 42.8 Å². The molecule has 0 saturated carbocycles. The zero-order chi connectivity index (χ0) is 26.8. The first-order valence-electron chi connectivity index (χ1n) is 11.0. The van der Waals surface area contributed by atoms with Crippen LogP contribution in [0.3, 0.4) is 0 Å². The third-order valence-electron chi connectivity index (χ3n) is 4.83. The quantitative estimate of drug-likeness (QED) is 0.197. The lowest BCUT2D eigenvalue weighted by Crippen LogP contribution is -2.51. The molecule has 0 aromatic carbocycles. The number of hydrogen-bond acceptors (Lipinski definition) is 8. The zero-order valence-electron chi connectivity index (χ0n) is 19.6. The number of rotatable bonds is 11. The van der Waals surface area contributed by atoms with E-state index in [1.54, 1.807) is 18.2 Å². The molecular formula is C23H24N8O6. The maximum Gasteiger partial charge on any atom is 0.322 e. The van der Waals surface area contributed by atoms with E-state index in [4.69, 9.17) is 5.11 Å². The lowest BCUT2D eigenvalue weighted by molar-refractivity contribution is -0.138. The monoisotopic (exact) mass is 508 g/mol. The van der Waals surface area contributed by atoms with Crippen LogP contribution in [-0.4, -0.2) is 73.8 Å². The molecule has 0 fully saturated rings. The fraction of sp³-hybridized carbons (Fsp3) is 0.217. The molecule has 1 atom stereocenters. The number of aromatic nitrogens is 4. The fourth-order valence-electron chi connectivity index (χ4n) is 3.12. The van der Waals surface area contributed by atoms with E-state index in [0.717, 1.165) is 0 Å². The number of imidazole rings is 1. The molecule has 1 unspecified atom stereocenters. The number of amides is 4. The van der Waals surface area contributed by atoms with Crippen LogP contribution >= 0.6 is 0 Å². The third kappa shape index (κ3) is 8.24. The lowest BCUT2D eigenvalue weighted by atomic mass is 10.1. The Morgan fingerprint density at radius 2 is 1.68 bits per heavy atom. The summed E-state index contributed by atoms with van der Waals surface area (Å²) < 4.78 is 0. The summed E-state index contributed by atoms with van der Waals surface area (Å²) in [6.45, 7) is 0.350. The van der Waals surface area contributed by atoms with E-state index >= 15 is 0 Å².